The Kier molecular flexibility index (Phi) is 38.5. The lowest BCUT2D eigenvalue weighted by Gasteiger charge is -2.20. The van der Waals surface area contributed by atoms with E-state index in [0.29, 0.717) is 12.8 Å². The van der Waals surface area contributed by atoms with Gasteiger partial charge in [-0.05, 0) is 77.0 Å². The molecule has 0 fully saturated rings. The fraction of sp³-hybridized carbons (Fsp3) is 0.674. The average Bonchev–Trinajstić information content (AvgIpc) is 3.20. The number of carbonyl (C=O) groups excluding carboxylic acids is 2. The van der Waals surface area contributed by atoms with Gasteiger partial charge in [-0.25, -0.2) is 4.57 Å². The van der Waals surface area contributed by atoms with Crippen LogP contribution in [0.2, 0.25) is 0 Å². The largest absolute Gasteiger partial charge is 0.480 e. The zero-order chi connectivity index (χ0) is 42.8. The third-order valence-corrected chi connectivity index (χ3v) is 9.89. The molecule has 0 aliphatic rings. The van der Waals surface area contributed by atoms with Gasteiger partial charge in [0.25, 0.3) is 0 Å². The second-order valence-corrected chi connectivity index (χ2v) is 15.9. The fourth-order valence-electron chi connectivity index (χ4n) is 5.45. The van der Waals surface area contributed by atoms with Crippen LogP contribution < -0.4 is 5.73 Å². The van der Waals surface area contributed by atoms with Gasteiger partial charge < -0.3 is 25.2 Å². The summed E-state index contributed by atoms with van der Waals surface area (Å²) in [7, 11) is -4.74. The quantitative estimate of drug-likeness (QED) is 0.0232. The van der Waals surface area contributed by atoms with Gasteiger partial charge in [0.15, 0.2) is 6.10 Å². The third-order valence-electron chi connectivity index (χ3n) is 8.94. The minimum Gasteiger partial charge on any atom is -0.480 e. The van der Waals surface area contributed by atoms with Crippen molar-refractivity contribution in [3.8, 4) is 0 Å². The maximum Gasteiger partial charge on any atom is 0.472 e. The number of ether oxygens (including phenoxy) is 2. The molecule has 0 radical (unpaired) electrons. The van der Waals surface area contributed by atoms with Crippen molar-refractivity contribution >= 4 is 25.7 Å². The molecule has 0 heterocycles. The molecule has 332 valence electrons. The first kappa shape index (κ1) is 54.9. The van der Waals surface area contributed by atoms with Crippen molar-refractivity contribution in [1.82, 2.24) is 0 Å². The van der Waals surface area contributed by atoms with Gasteiger partial charge in [-0.2, -0.15) is 0 Å². The van der Waals surface area contributed by atoms with Gasteiger partial charge in [-0.1, -0.05) is 151 Å². The average molecular weight is 836 g/mol. The maximum absolute atomic E-state index is 12.6. The zero-order valence-electron chi connectivity index (χ0n) is 35.9. The number of hydrogen-bond acceptors (Lipinski definition) is 9. The lowest BCUT2D eigenvalue weighted by molar-refractivity contribution is -0.161. The van der Waals surface area contributed by atoms with Crippen LogP contribution in [0, 0.1) is 0 Å². The normalized spacial score (nSPS) is 14.4. The summed E-state index contributed by atoms with van der Waals surface area (Å²) in [5.74, 6) is -2.52. The number of phosphoric ester groups is 1. The molecule has 3 atom stereocenters. The number of nitrogens with two attached hydrogens (primary N) is 1. The first-order valence-corrected chi connectivity index (χ1v) is 23.5. The van der Waals surface area contributed by atoms with E-state index in [2.05, 4.69) is 79.1 Å². The summed E-state index contributed by atoms with van der Waals surface area (Å²) in [6, 6.07) is -1.54. The van der Waals surface area contributed by atoms with Crippen LogP contribution in [0.5, 0.6) is 0 Å². The Balaban J connectivity index is 4.52. The topological polar surface area (TPSA) is 172 Å². The molecule has 0 spiro atoms. The van der Waals surface area contributed by atoms with Crippen molar-refractivity contribution in [2.45, 2.75) is 180 Å². The first-order valence-electron chi connectivity index (χ1n) is 22.0. The highest BCUT2D eigenvalue weighted by Gasteiger charge is 2.28. The van der Waals surface area contributed by atoms with E-state index in [4.69, 9.17) is 24.8 Å². The van der Waals surface area contributed by atoms with Gasteiger partial charge in [-0.15, -0.1) is 0 Å². The summed E-state index contributed by atoms with van der Waals surface area (Å²) >= 11 is 0. The van der Waals surface area contributed by atoms with Crippen LogP contribution in [0.25, 0.3) is 0 Å². The van der Waals surface area contributed by atoms with E-state index in [1.165, 1.54) is 83.5 Å². The van der Waals surface area contributed by atoms with Crippen LogP contribution >= 0.6 is 7.82 Å². The smallest absolute Gasteiger partial charge is 0.472 e. The predicted molar refractivity (Wildman–Crippen MR) is 235 cm³/mol. The molecule has 11 nitrogen and oxygen atoms in total. The molecule has 0 saturated heterocycles. The van der Waals surface area contributed by atoms with E-state index >= 15 is 0 Å². The summed E-state index contributed by atoms with van der Waals surface area (Å²) < 4.78 is 32.6. The summed E-state index contributed by atoms with van der Waals surface area (Å²) in [5.41, 5.74) is 5.33. The molecular weight excluding hydrogens is 757 g/mol. The lowest BCUT2D eigenvalue weighted by atomic mass is 10.1. The molecule has 58 heavy (non-hydrogen) atoms. The van der Waals surface area contributed by atoms with E-state index in [1.807, 2.05) is 12.2 Å². The summed E-state index contributed by atoms with van der Waals surface area (Å²) in [6.45, 7) is 2.67. The van der Waals surface area contributed by atoms with Crippen LogP contribution in [0.1, 0.15) is 168 Å². The Morgan fingerprint density at radius 1 is 0.534 bits per heavy atom. The van der Waals surface area contributed by atoms with Gasteiger partial charge in [0, 0.05) is 12.8 Å². The van der Waals surface area contributed by atoms with E-state index in [0.717, 1.165) is 44.9 Å². The molecule has 0 aromatic carbocycles. The van der Waals surface area contributed by atoms with Crippen molar-refractivity contribution in [3.63, 3.8) is 0 Å². The molecule has 0 aliphatic heterocycles. The molecule has 12 heteroatoms. The molecule has 0 aromatic rings. The predicted octanol–water partition coefficient (Wildman–Crippen LogP) is 11.7. The Morgan fingerprint density at radius 3 is 1.48 bits per heavy atom. The van der Waals surface area contributed by atoms with Gasteiger partial charge in [0.2, 0.25) is 0 Å². The fourth-order valence-corrected chi connectivity index (χ4v) is 6.23. The number of hydrogen-bond donors (Lipinski definition) is 3. The van der Waals surface area contributed by atoms with Gasteiger partial charge in [-0.3, -0.25) is 23.4 Å². The van der Waals surface area contributed by atoms with Crippen LogP contribution in [-0.2, 0) is 37.5 Å². The molecule has 4 N–H and O–H groups in total. The van der Waals surface area contributed by atoms with Gasteiger partial charge in [0.1, 0.15) is 12.6 Å². The number of phosphoric acid groups is 1. The first-order chi connectivity index (χ1) is 28.1. The summed E-state index contributed by atoms with van der Waals surface area (Å²) in [5, 5.41) is 8.89. The van der Waals surface area contributed by atoms with Crippen molar-refractivity contribution in [2.24, 2.45) is 5.73 Å². The number of esters is 2. The molecular formula is C46H78NO10P. The highest BCUT2D eigenvalue weighted by molar-refractivity contribution is 7.47. The summed E-state index contributed by atoms with van der Waals surface area (Å²) in [6.07, 6.45) is 48.4. The minimum atomic E-state index is -4.74. The monoisotopic (exact) mass is 836 g/mol. The SMILES string of the molecule is CCCCC/C=C/C/C=C/C/C=C/C/C=C/C/C=C/CCC(=O)OC[C@H](COP(=O)(O)OC[C@H](N)C(=O)O)OC(=O)CCCC/C=C/CCCCCCCCCCC. The van der Waals surface area contributed by atoms with Gasteiger partial charge >= 0.3 is 25.7 Å². The van der Waals surface area contributed by atoms with Crippen molar-refractivity contribution in [2.75, 3.05) is 19.8 Å². The lowest BCUT2D eigenvalue weighted by Crippen LogP contribution is -2.34. The van der Waals surface area contributed by atoms with Crippen LogP contribution in [0.15, 0.2) is 72.9 Å². The number of carboxylic acids is 1. The van der Waals surface area contributed by atoms with E-state index in [-0.39, 0.29) is 12.8 Å². The summed E-state index contributed by atoms with van der Waals surface area (Å²) in [4.78, 5) is 45.9. The second-order valence-electron chi connectivity index (χ2n) is 14.5. The van der Waals surface area contributed by atoms with Crippen molar-refractivity contribution < 1.29 is 47.5 Å². The van der Waals surface area contributed by atoms with Gasteiger partial charge in [0.05, 0.1) is 13.2 Å². The second kappa shape index (κ2) is 40.7. The third kappa shape index (κ3) is 39.7. The highest BCUT2D eigenvalue weighted by Crippen LogP contribution is 2.43. The number of rotatable bonds is 40. The number of carbonyl (C=O) groups is 3. The zero-order valence-corrected chi connectivity index (χ0v) is 36.8. The van der Waals surface area contributed by atoms with E-state index in [9.17, 15) is 23.8 Å². The number of carboxylic acid groups (broad SMARTS) is 1. The Morgan fingerprint density at radius 2 is 0.948 bits per heavy atom. The van der Waals surface area contributed by atoms with Crippen LogP contribution in [0.3, 0.4) is 0 Å². The Labute approximate surface area is 350 Å². The molecule has 0 aliphatic carbocycles. The van der Waals surface area contributed by atoms with Crippen LogP contribution in [-0.4, -0.2) is 59.9 Å². The maximum atomic E-state index is 12.6. The Bertz CT molecular complexity index is 1260. The standard InChI is InChI=1S/C46H78NO10P/c1-3-5-7-9-11-13-15-17-19-20-21-22-24-25-27-29-31-33-35-37-44(48)54-39-42(40-55-58(52,53)56-41-43(47)46(50)51)57-45(49)38-36-34-32-30-28-26-23-18-16-14-12-10-8-6-4-2/h11,13,17,19,21-22,25,27-28,30-31,33,42-43H,3-10,12,14-16,18,20,23-24,26,29,32,34-41,47H2,1-2H3,(H,50,51)(H,52,53)/b13-11+,19-17+,22-21+,27-25+,30-28+,33-31+/t42-,43+/m1/s1. The molecule has 1 unspecified atom stereocenters. The van der Waals surface area contributed by atoms with Crippen molar-refractivity contribution in [1.29, 1.82) is 0 Å². The highest BCUT2D eigenvalue weighted by atomic mass is 31.2. The molecule has 0 bridgehead atoms. The van der Waals surface area contributed by atoms with Crippen molar-refractivity contribution in [3.05, 3.63) is 72.9 Å². The van der Waals surface area contributed by atoms with Crippen LogP contribution in [0.4, 0.5) is 0 Å². The van der Waals surface area contributed by atoms with E-state index < -0.39 is 57.7 Å². The number of aliphatic carboxylic acids is 1. The molecule has 0 aromatic heterocycles. The molecule has 0 rings (SSSR count). The molecule has 0 amide bonds. The minimum absolute atomic E-state index is 0.0912. The number of unbranched alkanes of at least 4 members (excludes halogenated alkanes) is 14. The molecule has 0 saturated carbocycles. The van der Waals surface area contributed by atoms with E-state index in [1.54, 1.807) is 0 Å². The number of allylic oxidation sites excluding steroid dienone is 12. The Hall–Kier alpha value is -3.08.